The lowest BCUT2D eigenvalue weighted by Gasteiger charge is -2.37. The Morgan fingerprint density at radius 1 is 0.815 bits per heavy atom. The van der Waals surface area contributed by atoms with Crippen molar-refractivity contribution < 1.29 is 28.2 Å². The summed E-state index contributed by atoms with van der Waals surface area (Å²) in [6.07, 6.45) is 2.27. The zero-order chi connectivity index (χ0) is 37.5. The Balaban J connectivity index is 1.21. The minimum absolute atomic E-state index is 0.0321. The number of halogens is 1. The van der Waals surface area contributed by atoms with Crippen molar-refractivity contribution in [1.29, 1.82) is 0 Å². The average molecular weight is 721 g/mol. The van der Waals surface area contributed by atoms with Gasteiger partial charge in [0.05, 0.1) is 7.11 Å². The van der Waals surface area contributed by atoms with Gasteiger partial charge in [-0.25, -0.2) is 19.0 Å². The number of hydrogen-bond donors (Lipinski definition) is 2. The second-order valence-electron chi connectivity index (χ2n) is 12.8. The maximum atomic E-state index is 16.6. The summed E-state index contributed by atoms with van der Waals surface area (Å²) in [5.74, 6) is -1.55. The second-order valence-corrected chi connectivity index (χ2v) is 12.8. The number of rotatable bonds is 11. The van der Waals surface area contributed by atoms with Gasteiger partial charge in [0.25, 0.3) is 0 Å². The number of benzene rings is 5. The molecule has 0 bridgehead atoms. The van der Waals surface area contributed by atoms with Crippen LogP contribution in [0.3, 0.4) is 0 Å². The van der Waals surface area contributed by atoms with E-state index in [4.69, 9.17) is 14.5 Å². The Morgan fingerprint density at radius 2 is 1.39 bits per heavy atom. The lowest BCUT2D eigenvalue weighted by molar-refractivity contribution is -0.141. The largest absolute Gasteiger partial charge is 0.464 e. The Labute approximate surface area is 312 Å². The second kappa shape index (κ2) is 15.8. The zero-order valence-electron chi connectivity index (χ0n) is 29.4. The number of anilines is 1. The van der Waals surface area contributed by atoms with E-state index in [1.807, 2.05) is 121 Å². The number of likely N-dealkylation sites (tertiary alicyclic amines) is 1. The quantitative estimate of drug-likeness (QED) is 0.0798. The van der Waals surface area contributed by atoms with E-state index in [0.717, 1.165) is 22.3 Å². The molecule has 270 valence electrons. The first-order chi connectivity index (χ1) is 26.4. The predicted molar refractivity (Wildman–Crippen MR) is 204 cm³/mol. The highest BCUT2D eigenvalue weighted by molar-refractivity contribution is 6.01. The third-order valence-electron chi connectivity index (χ3n) is 9.52. The average Bonchev–Trinajstić information content (AvgIpc) is 3.58. The number of esters is 1. The molecule has 5 aromatic carbocycles. The maximum absolute atomic E-state index is 16.6. The van der Waals surface area contributed by atoms with Crippen LogP contribution < -0.4 is 10.6 Å². The van der Waals surface area contributed by atoms with Gasteiger partial charge in [0.15, 0.2) is 0 Å². The summed E-state index contributed by atoms with van der Waals surface area (Å²) in [5.41, 5.74) is 2.65. The molecule has 0 spiro atoms. The van der Waals surface area contributed by atoms with Gasteiger partial charge >= 0.3 is 12.1 Å². The Morgan fingerprint density at radius 3 is 1.96 bits per heavy atom. The van der Waals surface area contributed by atoms with Crippen LogP contribution in [0, 0.1) is 5.82 Å². The first-order valence-electron chi connectivity index (χ1n) is 17.5. The van der Waals surface area contributed by atoms with Crippen molar-refractivity contribution in [2.75, 3.05) is 19.0 Å². The Kier molecular flexibility index (Phi) is 10.4. The molecule has 2 N–H and O–H groups in total. The fourth-order valence-electron chi connectivity index (χ4n) is 6.86. The first-order valence-corrected chi connectivity index (χ1v) is 17.5. The summed E-state index contributed by atoms with van der Waals surface area (Å²) in [6.45, 7) is 0.126. The minimum atomic E-state index is -0.943. The summed E-state index contributed by atoms with van der Waals surface area (Å²) in [7, 11) is 1.19. The van der Waals surface area contributed by atoms with Gasteiger partial charge in [-0.3, -0.25) is 4.79 Å². The molecule has 1 aromatic heterocycles. The zero-order valence-corrected chi connectivity index (χ0v) is 29.4. The van der Waals surface area contributed by atoms with Gasteiger partial charge in [0, 0.05) is 29.1 Å². The number of pyridine rings is 1. The Hall–Kier alpha value is -6.81. The molecule has 1 atom stereocenters. The van der Waals surface area contributed by atoms with Crippen LogP contribution in [-0.4, -0.2) is 47.6 Å². The predicted octanol–water partition coefficient (Wildman–Crippen LogP) is 7.82. The SMILES string of the molecule is COC(=O)C(=Cc1ccc2c(NC(c3ccccc3)(c3ccccc3)c3ccccc3)nccc2c1F)N1CC[C@H](NC(=O)OCc2ccccc2)C1=O. The molecule has 0 saturated carbocycles. The fourth-order valence-corrected chi connectivity index (χ4v) is 6.86. The summed E-state index contributed by atoms with van der Waals surface area (Å²) in [6, 6.07) is 43.1. The van der Waals surface area contributed by atoms with Gasteiger partial charge in [0.1, 0.15) is 35.5 Å². The van der Waals surface area contributed by atoms with Crippen molar-refractivity contribution in [2.45, 2.75) is 24.6 Å². The lowest BCUT2D eigenvalue weighted by atomic mass is 9.77. The highest BCUT2D eigenvalue weighted by Gasteiger charge is 2.39. The lowest BCUT2D eigenvalue weighted by Crippen LogP contribution is -2.42. The minimum Gasteiger partial charge on any atom is -0.464 e. The van der Waals surface area contributed by atoms with Crippen LogP contribution in [0.1, 0.15) is 34.2 Å². The highest BCUT2D eigenvalue weighted by Crippen LogP contribution is 2.41. The first kappa shape index (κ1) is 35.6. The summed E-state index contributed by atoms with van der Waals surface area (Å²) in [4.78, 5) is 45.0. The molecule has 2 heterocycles. The number of nitrogens with zero attached hydrogens (tertiary/aromatic N) is 2. The van der Waals surface area contributed by atoms with Crippen LogP contribution in [-0.2, 0) is 31.2 Å². The van der Waals surface area contributed by atoms with E-state index < -0.39 is 35.4 Å². The van der Waals surface area contributed by atoms with Crippen molar-refractivity contribution in [3.8, 4) is 0 Å². The number of aromatic nitrogens is 1. The standard InChI is InChI=1S/C44H37FN4O5/c1-53-42(51)38(49-27-25-37(41(49)50)47-43(52)54-29-30-14-6-2-7-15-30)28-31-22-23-36-35(39(31)45)24-26-46-40(36)48-44(32-16-8-3-9-17-32,33-18-10-4-11-19-33)34-20-12-5-13-21-34/h2-24,26,28,37H,25,27,29H2,1H3,(H,46,48)(H,47,52)/t37-/m0/s1. The molecule has 1 aliphatic rings. The van der Waals surface area contributed by atoms with Gasteiger partial charge in [-0.05, 0) is 46.9 Å². The number of fused-ring (bicyclic) bond motifs is 1. The molecule has 1 fully saturated rings. The number of hydrogen-bond acceptors (Lipinski definition) is 7. The summed E-state index contributed by atoms with van der Waals surface area (Å²) >= 11 is 0. The Bertz CT molecular complexity index is 2210. The molecule has 6 aromatic rings. The number of nitrogens with one attached hydrogen (secondary N) is 2. The molecule has 9 nitrogen and oxygen atoms in total. The number of alkyl carbamates (subject to hydrolysis) is 1. The van der Waals surface area contributed by atoms with Crippen LogP contribution in [0.15, 0.2) is 151 Å². The molecule has 2 amide bonds. The smallest absolute Gasteiger partial charge is 0.408 e. The van der Waals surface area contributed by atoms with Crippen LogP contribution in [0.2, 0.25) is 0 Å². The third kappa shape index (κ3) is 7.14. The van der Waals surface area contributed by atoms with Crippen molar-refractivity contribution >= 4 is 40.6 Å². The summed E-state index contributed by atoms with van der Waals surface area (Å²) in [5, 5.41) is 7.06. The van der Waals surface area contributed by atoms with Gasteiger partial charge in [-0.15, -0.1) is 0 Å². The van der Waals surface area contributed by atoms with E-state index >= 15 is 4.39 Å². The molecule has 10 heteroatoms. The maximum Gasteiger partial charge on any atom is 0.408 e. The molecule has 0 unspecified atom stereocenters. The summed E-state index contributed by atoms with van der Waals surface area (Å²) < 4.78 is 26.9. The molecule has 1 saturated heterocycles. The van der Waals surface area contributed by atoms with Crippen LogP contribution in [0.4, 0.5) is 15.0 Å². The number of ether oxygens (including phenoxy) is 2. The molecule has 0 aliphatic carbocycles. The number of amides is 2. The molecular weight excluding hydrogens is 684 g/mol. The molecule has 54 heavy (non-hydrogen) atoms. The van der Waals surface area contributed by atoms with E-state index in [0.29, 0.717) is 11.2 Å². The van der Waals surface area contributed by atoms with E-state index in [-0.39, 0.29) is 36.2 Å². The van der Waals surface area contributed by atoms with Crippen molar-refractivity contribution in [2.24, 2.45) is 0 Å². The van der Waals surface area contributed by atoms with E-state index in [2.05, 4.69) is 10.6 Å². The number of carbonyl (C=O) groups excluding carboxylic acids is 3. The van der Waals surface area contributed by atoms with Gasteiger partial charge in [0.2, 0.25) is 5.91 Å². The van der Waals surface area contributed by atoms with E-state index in [1.165, 1.54) is 24.3 Å². The van der Waals surface area contributed by atoms with Crippen LogP contribution in [0.5, 0.6) is 0 Å². The van der Waals surface area contributed by atoms with Gasteiger partial charge in [-0.1, -0.05) is 127 Å². The third-order valence-corrected chi connectivity index (χ3v) is 9.52. The van der Waals surface area contributed by atoms with E-state index in [1.54, 1.807) is 18.2 Å². The van der Waals surface area contributed by atoms with Crippen molar-refractivity contribution in [3.63, 3.8) is 0 Å². The topological polar surface area (TPSA) is 110 Å². The van der Waals surface area contributed by atoms with Crippen LogP contribution >= 0.6 is 0 Å². The molecular formula is C44H37FN4O5. The normalized spacial score (nSPS) is 14.5. The van der Waals surface area contributed by atoms with Gasteiger partial charge in [-0.2, -0.15) is 0 Å². The van der Waals surface area contributed by atoms with Crippen LogP contribution in [0.25, 0.3) is 16.8 Å². The fraction of sp³-hybridized carbons (Fsp3) is 0.136. The number of carbonyl (C=O) groups is 3. The number of methoxy groups -OCH3 is 1. The van der Waals surface area contributed by atoms with Crippen molar-refractivity contribution in [3.05, 3.63) is 185 Å². The van der Waals surface area contributed by atoms with Crippen molar-refractivity contribution in [1.82, 2.24) is 15.2 Å². The van der Waals surface area contributed by atoms with Gasteiger partial charge < -0.3 is 25.0 Å². The highest BCUT2D eigenvalue weighted by atomic mass is 19.1. The molecule has 0 radical (unpaired) electrons. The monoisotopic (exact) mass is 720 g/mol. The molecule has 1 aliphatic heterocycles. The molecule has 7 rings (SSSR count). The van der Waals surface area contributed by atoms with E-state index in [9.17, 15) is 14.4 Å².